The van der Waals surface area contributed by atoms with E-state index in [1.54, 1.807) is 0 Å². The molecule has 2 aromatic rings. The van der Waals surface area contributed by atoms with Crippen molar-refractivity contribution in [3.05, 3.63) is 70.2 Å². The normalized spacial score (nSPS) is 10.8. The number of hydrogen-bond donors (Lipinski definition) is 1. The quantitative estimate of drug-likeness (QED) is 0.722. The van der Waals surface area contributed by atoms with Crippen LogP contribution in [0.2, 0.25) is 5.02 Å². The van der Waals surface area contributed by atoms with Crippen LogP contribution in [0, 0.1) is 0 Å². The van der Waals surface area contributed by atoms with E-state index in [0.717, 1.165) is 30.1 Å². The average molecular weight is 304 g/mol. The Morgan fingerprint density at radius 3 is 2.38 bits per heavy atom. The Hall–Kier alpha value is -1.35. The Kier molecular flexibility index (Phi) is 6.74. The predicted octanol–water partition coefficient (Wildman–Crippen LogP) is 4.56. The number of benzene rings is 2. The van der Waals surface area contributed by atoms with E-state index < -0.39 is 0 Å². The molecular weight excluding hydrogens is 282 g/mol. The molecule has 1 N–H and O–H groups in total. The topological polar surface area (TPSA) is 21.3 Å². The van der Waals surface area contributed by atoms with Crippen molar-refractivity contribution < 1.29 is 4.74 Å². The first-order valence-electron chi connectivity index (χ1n) is 7.38. The fraction of sp³-hybridized carbons (Fsp3) is 0.333. The van der Waals surface area contributed by atoms with Gasteiger partial charge in [-0.1, -0.05) is 54.9 Å². The Morgan fingerprint density at radius 2 is 1.67 bits per heavy atom. The smallest absolute Gasteiger partial charge is 0.0721 e. The largest absolute Gasteiger partial charge is 0.372 e. The summed E-state index contributed by atoms with van der Waals surface area (Å²) in [4.78, 5) is 0. The summed E-state index contributed by atoms with van der Waals surface area (Å²) in [5.74, 6) is 0. The molecule has 0 saturated heterocycles. The Labute approximate surface area is 132 Å². The summed E-state index contributed by atoms with van der Waals surface area (Å²) < 4.78 is 5.72. The average Bonchev–Trinajstić information content (AvgIpc) is 2.49. The Balaban J connectivity index is 1.75. The molecule has 2 nitrogen and oxygen atoms in total. The van der Waals surface area contributed by atoms with Crippen LogP contribution in [0.4, 0.5) is 0 Å². The SMILES string of the molecule is CCCNCc1ccc(COCc2cccc(Cl)c2)cc1. The van der Waals surface area contributed by atoms with E-state index in [-0.39, 0.29) is 0 Å². The highest BCUT2D eigenvalue weighted by atomic mass is 35.5. The molecule has 21 heavy (non-hydrogen) atoms. The summed E-state index contributed by atoms with van der Waals surface area (Å²) in [5.41, 5.74) is 3.60. The van der Waals surface area contributed by atoms with Crippen molar-refractivity contribution in [3.63, 3.8) is 0 Å². The van der Waals surface area contributed by atoms with Crippen LogP contribution in [0.3, 0.4) is 0 Å². The van der Waals surface area contributed by atoms with Gasteiger partial charge in [-0.15, -0.1) is 0 Å². The molecule has 0 saturated carbocycles. The summed E-state index contributed by atoms with van der Waals surface area (Å²) in [6.45, 7) is 5.37. The van der Waals surface area contributed by atoms with Crippen molar-refractivity contribution in [2.75, 3.05) is 6.54 Å². The summed E-state index contributed by atoms with van der Waals surface area (Å²) in [6, 6.07) is 16.3. The zero-order valence-electron chi connectivity index (χ0n) is 12.4. The van der Waals surface area contributed by atoms with Crippen molar-refractivity contribution in [3.8, 4) is 0 Å². The number of ether oxygens (including phenoxy) is 1. The van der Waals surface area contributed by atoms with Crippen molar-refractivity contribution >= 4 is 11.6 Å². The van der Waals surface area contributed by atoms with Crippen molar-refractivity contribution in [1.29, 1.82) is 0 Å². The van der Waals surface area contributed by atoms with Crippen LogP contribution in [0.15, 0.2) is 48.5 Å². The van der Waals surface area contributed by atoms with E-state index in [2.05, 4.69) is 36.5 Å². The fourth-order valence-electron chi connectivity index (χ4n) is 2.08. The Bertz CT molecular complexity index is 539. The molecule has 0 fully saturated rings. The fourth-order valence-corrected chi connectivity index (χ4v) is 2.29. The van der Waals surface area contributed by atoms with Gasteiger partial charge in [-0.3, -0.25) is 0 Å². The lowest BCUT2D eigenvalue weighted by molar-refractivity contribution is 0.107. The van der Waals surface area contributed by atoms with Gasteiger partial charge in [-0.25, -0.2) is 0 Å². The first-order valence-corrected chi connectivity index (χ1v) is 7.76. The van der Waals surface area contributed by atoms with Crippen LogP contribution in [0.5, 0.6) is 0 Å². The minimum absolute atomic E-state index is 0.584. The van der Waals surface area contributed by atoms with E-state index in [1.165, 1.54) is 11.1 Å². The molecule has 2 aromatic carbocycles. The molecule has 0 spiro atoms. The highest BCUT2D eigenvalue weighted by molar-refractivity contribution is 6.30. The van der Waals surface area contributed by atoms with E-state index in [9.17, 15) is 0 Å². The number of rotatable bonds is 8. The second-order valence-electron chi connectivity index (χ2n) is 5.12. The van der Waals surface area contributed by atoms with Crippen molar-refractivity contribution in [2.45, 2.75) is 33.1 Å². The molecule has 0 aliphatic heterocycles. The molecule has 0 heterocycles. The third kappa shape index (κ3) is 5.88. The van der Waals surface area contributed by atoms with Crippen LogP contribution < -0.4 is 5.32 Å². The summed E-state index contributed by atoms with van der Waals surface area (Å²) in [5, 5.41) is 4.15. The highest BCUT2D eigenvalue weighted by Crippen LogP contribution is 2.12. The molecular formula is C18H22ClNO. The van der Waals surface area contributed by atoms with E-state index in [4.69, 9.17) is 16.3 Å². The van der Waals surface area contributed by atoms with Crippen LogP contribution in [0.1, 0.15) is 30.0 Å². The van der Waals surface area contributed by atoms with Gasteiger partial charge in [0, 0.05) is 11.6 Å². The maximum atomic E-state index is 5.95. The maximum absolute atomic E-state index is 5.95. The molecule has 0 atom stereocenters. The molecule has 0 radical (unpaired) electrons. The number of halogens is 1. The van der Waals surface area contributed by atoms with Gasteiger partial charge in [0.15, 0.2) is 0 Å². The van der Waals surface area contributed by atoms with Gasteiger partial charge in [0.25, 0.3) is 0 Å². The second kappa shape index (κ2) is 8.83. The minimum Gasteiger partial charge on any atom is -0.372 e. The molecule has 0 unspecified atom stereocenters. The molecule has 0 aromatic heterocycles. The first kappa shape index (κ1) is 16.0. The zero-order valence-corrected chi connectivity index (χ0v) is 13.2. The molecule has 0 aliphatic rings. The third-order valence-corrected chi connectivity index (χ3v) is 3.44. The molecule has 112 valence electrons. The second-order valence-corrected chi connectivity index (χ2v) is 5.55. The van der Waals surface area contributed by atoms with Gasteiger partial charge in [-0.05, 0) is 41.8 Å². The molecule has 3 heteroatoms. The van der Waals surface area contributed by atoms with E-state index in [1.807, 2.05) is 24.3 Å². The van der Waals surface area contributed by atoms with Crippen LogP contribution in [0.25, 0.3) is 0 Å². The van der Waals surface area contributed by atoms with Gasteiger partial charge in [0.05, 0.1) is 13.2 Å². The lowest BCUT2D eigenvalue weighted by Gasteiger charge is -2.07. The van der Waals surface area contributed by atoms with E-state index in [0.29, 0.717) is 13.2 Å². The Morgan fingerprint density at radius 1 is 0.952 bits per heavy atom. The highest BCUT2D eigenvalue weighted by Gasteiger charge is 1.98. The van der Waals surface area contributed by atoms with Crippen molar-refractivity contribution in [1.82, 2.24) is 5.32 Å². The lowest BCUT2D eigenvalue weighted by atomic mass is 10.1. The third-order valence-electron chi connectivity index (χ3n) is 3.21. The summed E-state index contributed by atoms with van der Waals surface area (Å²) >= 11 is 5.95. The van der Waals surface area contributed by atoms with Gasteiger partial charge < -0.3 is 10.1 Å². The lowest BCUT2D eigenvalue weighted by Crippen LogP contribution is -2.13. The summed E-state index contributed by atoms with van der Waals surface area (Å²) in [7, 11) is 0. The molecule has 0 amide bonds. The zero-order chi connectivity index (χ0) is 14.9. The standard InChI is InChI=1S/C18H22ClNO/c1-2-10-20-12-15-6-8-16(9-7-15)13-21-14-17-4-3-5-18(19)11-17/h3-9,11,20H,2,10,12-14H2,1H3. The van der Waals surface area contributed by atoms with Gasteiger partial charge in [0.1, 0.15) is 0 Å². The molecule has 2 rings (SSSR count). The first-order chi connectivity index (χ1) is 10.3. The van der Waals surface area contributed by atoms with Crippen LogP contribution >= 0.6 is 11.6 Å². The number of nitrogens with one attached hydrogen (secondary N) is 1. The number of hydrogen-bond acceptors (Lipinski definition) is 2. The monoisotopic (exact) mass is 303 g/mol. The predicted molar refractivity (Wildman–Crippen MR) is 88.4 cm³/mol. The van der Waals surface area contributed by atoms with Gasteiger partial charge in [-0.2, -0.15) is 0 Å². The summed E-state index contributed by atoms with van der Waals surface area (Å²) in [6.07, 6.45) is 1.16. The molecule has 0 aliphatic carbocycles. The minimum atomic E-state index is 0.584. The van der Waals surface area contributed by atoms with Crippen LogP contribution in [-0.2, 0) is 24.5 Å². The van der Waals surface area contributed by atoms with Gasteiger partial charge >= 0.3 is 0 Å². The van der Waals surface area contributed by atoms with Crippen LogP contribution in [-0.4, -0.2) is 6.54 Å². The van der Waals surface area contributed by atoms with E-state index >= 15 is 0 Å². The maximum Gasteiger partial charge on any atom is 0.0721 e. The molecule has 0 bridgehead atoms. The van der Waals surface area contributed by atoms with Gasteiger partial charge in [0.2, 0.25) is 0 Å². The van der Waals surface area contributed by atoms with Crippen molar-refractivity contribution in [2.24, 2.45) is 0 Å².